The molecule has 0 unspecified atom stereocenters. The van der Waals surface area contributed by atoms with E-state index >= 15 is 0 Å². The van der Waals surface area contributed by atoms with E-state index in [0.717, 1.165) is 11.9 Å². The van der Waals surface area contributed by atoms with Crippen molar-refractivity contribution in [2.24, 2.45) is 9.63 Å². The summed E-state index contributed by atoms with van der Waals surface area (Å²) >= 11 is 1.14. The molecule has 0 aliphatic carbocycles. The molecule has 0 radical (unpaired) electrons. The van der Waals surface area contributed by atoms with E-state index in [1.54, 1.807) is 0 Å². The number of hydrogen-bond donors (Lipinski definition) is 1. The number of nitrogens with zero attached hydrogens (tertiary/aromatic N) is 2. The Labute approximate surface area is 140 Å². The molecule has 0 aliphatic heterocycles. The van der Waals surface area contributed by atoms with Crippen LogP contribution in [0.3, 0.4) is 0 Å². The minimum absolute atomic E-state index is 0. The first kappa shape index (κ1) is 16.2. The number of carbonyl (C=O) groups is 1. The standard InChI is InChI=1S/C9H10N2O3S.K/c12-5-6-15-11-10-8-3-1-7(2-4-8)9(13)14;/h1-4,12H,5-6H2,(H,13,14);/q;+1/p-1. The number of aliphatic hydroxyl groups excluding tert-OH is 1. The first-order chi connectivity index (χ1) is 7.24. The van der Waals surface area contributed by atoms with Crippen molar-refractivity contribution in [1.29, 1.82) is 0 Å². The van der Waals surface area contributed by atoms with E-state index in [1.807, 2.05) is 0 Å². The molecule has 0 saturated carbocycles. The van der Waals surface area contributed by atoms with Gasteiger partial charge in [0.15, 0.2) is 0 Å². The van der Waals surface area contributed by atoms with Crippen molar-refractivity contribution in [3.05, 3.63) is 29.8 Å². The molecular formula is C9H9KN2O3S. The molecular weight excluding hydrogens is 255 g/mol. The molecule has 0 aliphatic rings. The van der Waals surface area contributed by atoms with Crippen molar-refractivity contribution in [3.8, 4) is 0 Å². The largest absolute Gasteiger partial charge is 1.00 e. The van der Waals surface area contributed by atoms with Gasteiger partial charge in [0, 0.05) is 5.75 Å². The maximum absolute atomic E-state index is 10.4. The van der Waals surface area contributed by atoms with Crippen molar-refractivity contribution in [1.82, 2.24) is 0 Å². The Hall–Kier alpha value is 0.236. The van der Waals surface area contributed by atoms with Crippen LogP contribution in [0.1, 0.15) is 10.4 Å². The summed E-state index contributed by atoms with van der Waals surface area (Å²) in [5, 5.41) is 22.7. The van der Waals surface area contributed by atoms with E-state index in [0.29, 0.717) is 11.4 Å². The molecule has 1 aromatic carbocycles. The Morgan fingerprint density at radius 3 is 2.50 bits per heavy atom. The average molecular weight is 264 g/mol. The third-order valence-corrected chi connectivity index (χ3v) is 2.06. The fourth-order valence-corrected chi connectivity index (χ4v) is 1.14. The third-order valence-electron chi connectivity index (χ3n) is 1.50. The van der Waals surface area contributed by atoms with E-state index in [2.05, 4.69) is 9.63 Å². The first-order valence-electron chi connectivity index (χ1n) is 4.19. The zero-order valence-electron chi connectivity index (χ0n) is 8.79. The molecule has 1 aromatic rings. The van der Waals surface area contributed by atoms with Crippen LogP contribution in [0.5, 0.6) is 0 Å². The van der Waals surface area contributed by atoms with Gasteiger partial charge in [0.1, 0.15) is 0 Å². The van der Waals surface area contributed by atoms with Gasteiger partial charge in [0.25, 0.3) is 0 Å². The van der Waals surface area contributed by atoms with Crippen molar-refractivity contribution in [3.63, 3.8) is 0 Å². The molecule has 0 saturated heterocycles. The fourth-order valence-electron chi connectivity index (χ4n) is 0.822. The van der Waals surface area contributed by atoms with Crippen LogP contribution < -0.4 is 56.5 Å². The summed E-state index contributed by atoms with van der Waals surface area (Å²) in [4.78, 5) is 10.4. The number of carboxylic acid groups (broad SMARTS) is 1. The minimum Gasteiger partial charge on any atom is -0.545 e. The topological polar surface area (TPSA) is 85.1 Å². The number of rotatable bonds is 5. The van der Waals surface area contributed by atoms with Crippen LogP contribution >= 0.6 is 11.9 Å². The summed E-state index contributed by atoms with van der Waals surface area (Å²) in [7, 11) is 0. The number of aromatic carboxylic acids is 1. The quantitative estimate of drug-likeness (QED) is 0.282. The van der Waals surface area contributed by atoms with Crippen LogP contribution in [0.4, 0.5) is 5.69 Å². The predicted octanol–water partition coefficient (Wildman–Crippen LogP) is -2.22. The summed E-state index contributed by atoms with van der Waals surface area (Å²) in [6, 6.07) is 5.88. The van der Waals surface area contributed by atoms with Crippen LogP contribution in [0.25, 0.3) is 0 Å². The van der Waals surface area contributed by atoms with E-state index < -0.39 is 5.97 Å². The Morgan fingerprint density at radius 1 is 1.38 bits per heavy atom. The van der Waals surface area contributed by atoms with Gasteiger partial charge in [-0.15, -0.1) is 9.63 Å². The van der Waals surface area contributed by atoms with Crippen LogP contribution in [0, 0.1) is 0 Å². The van der Waals surface area contributed by atoms with Crippen LogP contribution in [-0.2, 0) is 0 Å². The van der Waals surface area contributed by atoms with Gasteiger partial charge in [0.05, 0.1) is 18.3 Å². The molecule has 0 heterocycles. The normalized spacial score (nSPS) is 10.1. The summed E-state index contributed by atoms with van der Waals surface area (Å²) in [6.45, 7) is 0.0489. The minimum atomic E-state index is -1.21. The Bertz CT molecular complexity index is 356. The maximum Gasteiger partial charge on any atom is 1.00 e. The zero-order chi connectivity index (χ0) is 11.1. The molecule has 16 heavy (non-hydrogen) atoms. The van der Waals surface area contributed by atoms with Gasteiger partial charge in [-0.05, 0) is 29.6 Å². The van der Waals surface area contributed by atoms with Gasteiger partial charge in [-0.2, -0.15) is 0 Å². The van der Waals surface area contributed by atoms with Crippen molar-refractivity contribution in [2.75, 3.05) is 12.4 Å². The molecule has 0 bridgehead atoms. The first-order valence-corrected chi connectivity index (χ1v) is 5.13. The number of aliphatic hydroxyl groups is 1. The summed E-state index contributed by atoms with van der Waals surface area (Å²) in [6.07, 6.45) is 0. The monoisotopic (exact) mass is 264 g/mol. The third kappa shape index (κ3) is 6.09. The van der Waals surface area contributed by atoms with Gasteiger partial charge >= 0.3 is 51.4 Å². The van der Waals surface area contributed by atoms with Crippen molar-refractivity contribution >= 4 is 23.6 Å². The molecule has 5 nitrogen and oxygen atoms in total. The number of hydrogen-bond acceptors (Lipinski definition) is 6. The van der Waals surface area contributed by atoms with E-state index in [4.69, 9.17) is 5.11 Å². The summed E-state index contributed by atoms with van der Waals surface area (Å²) in [5.74, 6) is -0.728. The van der Waals surface area contributed by atoms with Gasteiger partial charge in [-0.1, -0.05) is 12.1 Å². The average Bonchev–Trinajstić information content (AvgIpc) is 2.25. The molecule has 7 heteroatoms. The molecule has 80 valence electrons. The van der Waals surface area contributed by atoms with Crippen LogP contribution in [-0.4, -0.2) is 23.4 Å². The number of benzene rings is 1. The SMILES string of the molecule is O=C([O-])c1ccc(N=NSCCO)cc1.[K+]. The Morgan fingerprint density at radius 2 is 2.00 bits per heavy atom. The van der Waals surface area contributed by atoms with Crippen molar-refractivity contribution in [2.45, 2.75) is 0 Å². The molecule has 1 N–H and O–H groups in total. The van der Waals surface area contributed by atoms with Gasteiger partial charge in [0.2, 0.25) is 0 Å². The van der Waals surface area contributed by atoms with E-state index in [9.17, 15) is 9.90 Å². The predicted molar refractivity (Wildman–Crippen MR) is 54.8 cm³/mol. The van der Waals surface area contributed by atoms with Crippen LogP contribution in [0.15, 0.2) is 33.9 Å². The summed E-state index contributed by atoms with van der Waals surface area (Å²) in [5.41, 5.74) is 0.669. The van der Waals surface area contributed by atoms with Gasteiger partial charge in [-0.25, -0.2) is 0 Å². The summed E-state index contributed by atoms with van der Waals surface area (Å²) < 4.78 is 3.72. The molecule has 0 spiro atoms. The smallest absolute Gasteiger partial charge is 0.545 e. The maximum atomic E-state index is 10.4. The molecule has 0 atom stereocenters. The molecule has 0 amide bonds. The Balaban J connectivity index is 0.00000225. The number of carboxylic acids is 1. The Kier molecular flexibility index (Phi) is 9.42. The second-order valence-corrected chi connectivity index (χ2v) is 3.40. The van der Waals surface area contributed by atoms with E-state index in [1.165, 1.54) is 24.3 Å². The number of carbonyl (C=O) groups excluding carboxylic acids is 1. The zero-order valence-corrected chi connectivity index (χ0v) is 12.7. The van der Waals surface area contributed by atoms with Crippen LogP contribution in [0.2, 0.25) is 0 Å². The second-order valence-electron chi connectivity index (χ2n) is 2.57. The second kappa shape index (κ2) is 9.29. The molecule has 1 rings (SSSR count). The van der Waals surface area contributed by atoms with Gasteiger partial charge in [-0.3, -0.25) is 0 Å². The molecule has 0 aromatic heterocycles. The fraction of sp³-hybridized carbons (Fsp3) is 0.222. The van der Waals surface area contributed by atoms with Gasteiger partial charge < -0.3 is 15.0 Å². The molecule has 0 fully saturated rings. The van der Waals surface area contributed by atoms with Crippen molar-refractivity contribution < 1.29 is 66.4 Å². The van der Waals surface area contributed by atoms with E-state index in [-0.39, 0.29) is 63.6 Å².